The Morgan fingerprint density at radius 3 is 2.17 bits per heavy atom. The van der Waals surface area contributed by atoms with Crippen molar-refractivity contribution in [3.8, 4) is 34.2 Å². The number of nitrogens with one attached hydrogen (secondary N) is 1. The van der Waals surface area contributed by atoms with Crippen LogP contribution in [0.3, 0.4) is 0 Å². The lowest BCUT2D eigenvalue weighted by Crippen LogP contribution is -2.40. The molecular formula is C33H33F6N5O8. The molecule has 0 radical (unpaired) electrons. The zero-order valence-corrected chi connectivity index (χ0v) is 27.3. The van der Waals surface area contributed by atoms with Crippen molar-refractivity contribution < 1.29 is 65.6 Å². The first-order valence-corrected chi connectivity index (χ1v) is 15.2. The van der Waals surface area contributed by atoms with E-state index >= 15 is 0 Å². The van der Waals surface area contributed by atoms with Crippen molar-refractivity contribution >= 4 is 35.3 Å². The van der Waals surface area contributed by atoms with Gasteiger partial charge in [0, 0.05) is 36.3 Å². The maximum absolute atomic E-state index is 12.7. The number of ether oxygens (including phenoxy) is 1. The zero-order valence-electron chi connectivity index (χ0n) is 27.3. The molecule has 1 unspecified atom stereocenters. The van der Waals surface area contributed by atoms with Gasteiger partial charge in [0.1, 0.15) is 23.2 Å². The number of benzene rings is 2. The van der Waals surface area contributed by atoms with Gasteiger partial charge in [-0.3, -0.25) is 9.59 Å². The molecule has 2 aromatic carbocycles. The van der Waals surface area contributed by atoms with Crippen LogP contribution in [0.25, 0.3) is 22.4 Å². The van der Waals surface area contributed by atoms with Gasteiger partial charge >= 0.3 is 30.3 Å². The van der Waals surface area contributed by atoms with Crippen molar-refractivity contribution in [3.63, 3.8) is 0 Å². The average Bonchev–Trinajstić information content (AvgIpc) is 3.07. The molecule has 280 valence electrons. The molecule has 1 saturated heterocycles. The number of nitriles is 1. The number of hydrogen-bond acceptors (Lipinski definition) is 10. The number of rotatable bonds is 8. The summed E-state index contributed by atoms with van der Waals surface area (Å²) in [5.74, 6) is -5.87. The fourth-order valence-corrected chi connectivity index (χ4v) is 4.70. The molecule has 3 aromatic rings. The number of phenols is 1. The molecule has 0 aliphatic carbocycles. The van der Waals surface area contributed by atoms with E-state index in [-0.39, 0.29) is 41.3 Å². The highest BCUT2D eigenvalue weighted by Gasteiger charge is 2.39. The van der Waals surface area contributed by atoms with Gasteiger partial charge in [-0.15, -0.1) is 0 Å². The molecular weight excluding hydrogens is 708 g/mol. The third-order valence-corrected chi connectivity index (χ3v) is 7.06. The van der Waals surface area contributed by atoms with Crippen LogP contribution in [0, 0.1) is 17.2 Å². The number of carboxylic acids is 2. The van der Waals surface area contributed by atoms with Crippen molar-refractivity contribution in [2.75, 3.05) is 37.3 Å². The van der Waals surface area contributed by atoms with E-state index in [1.54, 1.807) is 55.5 Å². The highest BCUT2D eigenvalue weighted by Crippen LogP contribution is 2.35. The lowest BCUT2D eigenvalue weighted by atomic mass is 9.97. The lowest BCUT2D eigenvalue weighted by molar-refractivity contribution is -0.193. The number of carbonyl (C=O) groups excluding carboxylic acids is 2. The number of nitrogens with zero attached hydrogens (tertiary/aromatic N) is 3. The molecule has 13 nitrogen and oxygen atoms in total. The van der Waals surface area contributed by atoms with Crippen LogP contribution < -0.4 is 11.1 Å². The highest BCUT2D eigenvalue weighted by molar-refractivity contribution is 5.92. The van der Waals surface area contributed by atoms with E-state index in [2.05, 4.69) is 21.3 Å². The van der Waals surface area contributed by atoms with Crippen LogP contribution in [-0.4, -0.2) is 87.6 Å². The smallest absolute Gasteiger partial charge is 0.490 e. The molecule has 1 aromatic heterocycles. The Morgan fingerprint density at radius 1 is 1.00 bits per heavy atom. The fraction of sp³-hybridized carbons (Fsp3) is 0.333. The molecule has 52 heavy (non-hydrogen) atoms. The van der Waals surface area contributed by atoms with Crippen LogP contribution in [0.15, 0.2) is 54.6 Å². The molecule has 6 N–H and O–H groups in total. The first kappa shape index (κ1) is 42.3. The first-order chi connectivity index (χ1) is 24.3. The fourth-order valence-electron chi connectivity index (χ4n) is 4.70. The summed E-state index contributed by atoms with van der Waals surface area (Å²) in [5.41, 5.74) is 9.07. The highest BCUT2D eigenvalue weighted by atomic mass is 19.4. The third kappa shape index (κ3) is 13.1. The largest absolute Gasteiger partial charge is 0.507 e. The molecule has 2 heterocycles. The van der Waals surface area contributed by atoms with Crippen LogP contribution in [-0.2, 0) is 23.9 Å². The molecule has 1 aliphatic rings. The second kappa shape index (κ2) is 18.9. The van der Waals surface area contributed by atoms with Gasteiger partial charge in [0.25, 0.3) is 0 Å². The Labute approximate surface area is 292 Å². The van der Waals surface area contributed by atoms with Crippen LogP contribution >= 0.6 is 0 Å². The average molecular weight is 742 g/mol. The van der Waals surface area contributed by atoms with Gasteiger partial charge in [-0.2, -0.15) is 31.6 Å². The number of piperidine rings is 1. The van der Waals surface area contributed by atoms with E-state index in [4.69, 9.17) is 30.3 Å². The van der Waals surface area contributed by atoms with E-state index in [9.17, 15) is 46.3 Å². The van der Waals surface area contributed by atoms with Crippen molar-refractivity contribution in [2.45, 2.75) is 38.5 Å². The predicted molar refractivity (Wildman–Crippen MR) is 172 cm³/mol. The van der Waals surface area contributed by atoms with Crippen molar-refractivity contribution in [2.24, 2.45) is 5.92 Å². The van der Waals surface area contributed by atoms with Crippen molar-refractivity contribution in [1.29, 1.82) is 5.26 Å². The number of esters is 1. The van der Waals surface area contributed by atoms with Gasteiger partial charge in [0.15, 0.2) is 0 Å². The summed E-state index contributed by atoms with van der Waals surface area (Å²) in [7, 11) is 0. The second-order valence-corrected chi connectivity index (χ2v) is 10.8. The topological polar surface area (TPSA) is 216 Å². The number of aromatic nitrogens is 1. The van der Waals surface area contributed by atoms with E-state index in [1.165, 1.54) is 0 Å². The standard InChI is InChI=1S/C29H31N5O4.2C2HF3O2/c1-2-38-29(37)20-8-6-13-34(18-20)14-12-27(36)32-21-9-5-7-19(15-21)23-16-25(33-28(31)24(23)17-30)22-10-3-4-11-26(22)35;2*3-2(4,5)1(6)7/h3-5,7,9-11,15-16,20,35H,2,6,8,12-14,18H2,1H3,(H2,31,33)(H,32,36);2*(H,6,7). The van der Waals surface area contributed by atoms with Gasteiger partial charge in [-0.1, -0.05) is 24.3 Å². The van der Waals surface area contributed by atoms with Crippen LogP contribution in [0.2, 0.25) is 0 Å². The number of anilines is 2. The number of aliphatic carboxylic acids is 2. The number of nitrogen functional groups attached to an aromatic ring is 1. The molecule has 19 heteroatoms. The quantitative estimate of drug-likeness (QED) is 0.144. The number of hydrogen-bond donors (Lipinski definition) is 5. The number of phenolic OH excluding ortho intramolecular Hbond substituents is 1. The number of carboxylic acid groups (broad SMARTS) is 2. The SMILES string of the molecule is CCOC(=O)C1CCCN(CCC(=O)Nc2cccc(-c3cc(-c4ccccc4O)nc(N)c3C#N)c2)C1.O=C(O)C(F)(F)F.O=C(O)C(F)(F)F. The normalized spacial score (nSPS) is 14.3. The Kier molecular flexibility index (Phi) is 15.4. The van der Waals surface area contributed by atoms with Gasteiger partial charge in [0.05, 0.1) is 18.2 Å². The van der Waals surface area contributed by atoms with Gasteiger partial charge in [-0.25, -0.2) is 14.6 Å². The molecule has 1 amide bonds. The molecule has 4 rings (SSSR count). The maximum Gasteiger partial charge on any atom is 0.490 e. The van der Waals surface area contributed by atoms with Crippen molar-refractivity contribution in [3.05, 3.63) is 60.2 Å². The summed E-state index contributed by atoms with van der Waals surface area (Å²) < 4.78 is 68.6. The number of amides is 1. The summed E-state index contributed by atoms with van der Waals surface area (Å²) in [6.45, 7) is 4.16. The molecule has 0 bridgehead atoms. The Bertz CT molecular complexity index is 1750. The summed E-state index contributed by atoms with van der Waals surface area (Å²) >= 11 is 0. The number of nitrogens with two attached hydrogens (primary N) is 1. The van der Waals surface area contributed by atoms with E-state index < -0.39 is 24.3 Å². The predicted octanol–water partition coefficient (Wildman–Crippen LogP) is 5.45. The van der Waals surface area contributed by atoms with Crippen LogP contribution in [0.1, 0.15) is 31.7 Å². The summed E-state index contributed by atoms with van der Waals surface area (Å²) in [4.78, 5) is 49.1. The van der Waals surface area contributed by atoms with Gasteiger partial charge in [-0.05, 0) is 62.2 Å². The number of para-hydroxylation sites is 1. The van der Waals surface area contributed by atoms with E-state index in [1.807, 2.05) is 6.07 Å². The number of carbonyl (C=O) groups is 4. The van der Waals surface area contributed by atoms with E-state index in [0.717, 1.165) is 19.4 Å². The van der Waals surface area contributed by atoms with Crippen molar-refractivity contribution in [1.82, 2.24) is 9.88 Å². The Morgan fingerprint density at radius 2 is 1.62 bits per heavy atom. The molecule has 1 aliphatic heterocycles. The van der Waals surface area contributed by atoms with Crippen LogP contribution in [0.5, 0.6) is 5.75 Å². The minimum atomic E-state index is -5.08. The molecule has 0 saturated carbocycles. The first-order valence-electron chi connectivity index (χ1n) is 15.2. The maximum atomic E-state index is 12.7. The number of likely N-dealkylation sites (tertiary alicyclic amines) is 1. The molecule has 1 fully saturated rings. The number of alkyl halides is 6. The number of halogens is 6. The lowest BCUT2D eigenvalue weighted by Gasteiger charge is -2.31. The number of pyridine rings is 1. The Hall–Kier alpha value is -5.90. The second-order valence-electron chi connectivity index (χ2n) is 10.8. The summed E-state index contributed by atoms with van der Waals surface area (Å²) in [6.07, 6.45) is -8.18. The monoisotopic (exact) mass is 741 g/mol. The zero-order chi connectivity index (χ0) is 39.2. The number of aromatic hydroxyl groups is 1. The van der Waals surface area contributed by atoms with Gasteiger partial charge in [0.2, 0.25) is 5.91 Å². The minimum Gasteiger partial charge on any atom is -0.507 e. The summed E-state index contributed by atoms with van der Waals surface area (Å²) in [6, 6.07) is 17.8. The Balaban J connectivity index is 0.000000564. The van der Waals surface area contributed by atoms with Crippen LogP contribution in [0.4, 0.5) is 37.8 Å². The summed E-state index contributed by atoms with van der Waals surface area (Å²) in [5, 5.41) is 37.2. The van der Waals surface area contributed by atoms with Gasteiger partial charge < -0.3 is 36.0 Å². The minimum absolute atomic E-state index is 0.0540. The molecule has 1 atom stereocenters. The molecule has 0 spiro atoms. The van der Waals surface area contributed by atoms with E-state index in [0.29, 0.717) is 47.8 Å². The third-order valence-electron chi connectivity index (χ3n) is 7.06.